The first-order valence-electron chi connectivity index (χ1n) is 6.66. The fraction of sp³-hybridized carbons (Fsp3) is 0.357. The molecule has 1 fully saturated rings. The van der Waals surface area contributed by atoms with Crippen LogP contribution in [0.25, 0.3) is 0 Å². The van der Waals surface area contributed by atoms with Crippen LogP contribution >= 0.6 is 23.4 Å². The van der Waals surface area contributed by atoms with Gasteiger partial charge in [0.25, 0.3) is 0 Å². The van der Waals surface area contributed by atoms with Gasteiger partial charge in [-0.05, 0) is 24.6 Å². The Kier molecular flexibility index (Phi) is 5.64. The summed E-state index contributed by atoms with van der Waals surface area (Å²) in [6.45, 7) is 2.69. The van der Waals surface area contributed by atoms with Crippen molar-refractivity contribution in [3.8, 4) is 0 Å². The molecule has 1 aliphatic rings. The molecule has 0 spiro atoms. The molecule has 0 aliphatic carbocycles. The summed E-state index contributed by atoms with van der Waals surface area (Å²) in [5, 5.41) is 6.14. The number of benzene rings is 1. The summed E-state index contributed by atoms with van der Waals surface area (Å²) in [5.41, 5.74) is 0.621. The smallest absolute Gasteiger partial charge is 0.240 e. The van der Waals surface area contributed by atoms with Crippen LogP contribution in [0, 0.1) is 0 Å². The first kappa shape index (κ1) is 15.9. The minimum atomic E-state index is -0.431. The molecule has 1 aromatic rings. The summed E-state index contributed by atoms with van der Waals surface area (Å²) in [6, 6.07) is 6.90. The van der Waals surface area contributed by atoms with Gasteiger partial charge in [-0.15, -0.1) is 0 Å². The maximum atomic E-state index is 12.0. The molecule has 1 aromatic carbocycles. The second kappa shape index (κ2) is 7.47. The second-order valence-electron chi connectivity index (χ2n) is 4.55. The Bertz CT molecular complexity index is 577. The van der Waals surface area contributed by atoms with E-state index in [2.05, 4.69) is 15.6 Å². The number of nitrogens with one attached hydrogen (secondary N) is 2. The molecule has 2 amide bonds. The third kappa shape index (κ3) is 4.75. The highest BCUT2D eigenvalue weighted by molar-refractivity contribution is 8.15. The van der Waals surface area contributed by atoms with Gasteiger partial charge in [-0.25, -0.2) is 0 Å². The molecule has 2 N–H and O–H groups in total. The number of nitrogens with zero attached hydrogens (tertiary/aromatic N) is 1. The number of rotatable bonds is 5. The van der Waals surface area contributed by atoms with Gasteiger partial charge in [-0.1, -0.05) is 36.4 Å². The van der Waals surface area contributed by atoms with Gasteiger partial charge in [0.1, 0.15) is 5.25 Å². The second-order valence-corrected chi connectivity index (χ2v) is 6.17. The SMILES string of the molecule is CCCN=C1NC(=O)C(CC(=O)Nc2cccc(Cl)c2)S1. The molecule has 2 rings (SSSR count). The van der Waals surface area contributed by atoms with Crippen molar-refractivity contribution in [2.45, 2.75) is 25.0 Å². The molecular weight excluding hydrogens is 310 g/mol. The normalized spacial score (nSPS) is 19.6. The molecule has 1 unspecified atom stereocenters. The first-order chi connectivity index (χ1) is 10.1. The number of amidine groups is 1. The fourth-order valence-corrected chi connectivity index (χ4v) is 2.96. The number of carbonyl (C=O) groups is 2. The van der Waals surface area contributed by atoms with Crippen molar-refractivity contribution in [2.75, 3.05) is 11.9 Å². The zero-order chi connectivity index (χ0) is 15.2. The van der Waals surface area contributed by atoms with Crippen molar-refractivity contribution in [2.24, 2.45) is 4.99 Å². The first-order valence-corrected chi connectivity index (χ1v) is 7.91. The number of aliphatic imine (C=N–C) groups is 1. The average molecular weight is 326 g/mol. The van der Waals surface area contributed by atoms with E-state index in [0.29, 0.717) is 22.4 Å². The number of hydrogen-bond donors (Lipinski definition) is 2. The van der Waals surface area contributed by atoms with E-state index in [-0.39, 0.29) is 18.2 Å². The topological polar surface area (TPSA) is 70.6 Å². The van der Waals surface area contributed by atoms with Gasteiger partial charge in [0.2, 0.25) is 11.8 Å². The van der Waals surface area contributed by atoms with E-state index < -0.39 is 5.25 Å². The van der Waals surface area contributed by atoms with Gasteiger partial charge in [0, 0.05) is 23.7 Å². The van der Waals surface area contributed by atoms with E-state index in [0.717, 1.165) is 6.42 Å². The predicted molar refractivity (Wildman–Crippen MR) is 86.8 cm³/mol. The molecule has 7 heteroatoms. The summed E-state index contributed by atoms with van der Waals surface area (Å²) < 4.78 is 0. The highest BCUT2D eigenvalue weighted by atomic mass is 35.5. The zero-order valence-corrected chi connectivity index (χ0v) is 13.1. The number of halogens is 1. The van der Waals surface area contributed by atoms with Crippen LogP contribution in [0.5, 0.6) is 0 Å². The molecule has 0 bridgehead atoms. The van der Waals surface area contributed by atoms with Gasteiger partial charge in [0.05, 0.1) is 0 Å². The molecule has 1 saturated heterocycles. The van der Waals surface area contributed by atoms with Crippen molar-refractivity contribution < 1.29 is 9.59 Å². The largest absolute Gasteiger partial charge is 0.326 e. The molecule has 21 heavy (non-hydrogen) atoms. The number of anilines is 1. The van der Waals surface area contributed by atoms with Gasteiger partial charge in [-0.2, -0.15) is 0 Å². The van der Waals surface area contributed by atoms with Crippen LogP contribution in [0.15, 0.2) is 29.3 Å². The van der Waals surface area contributed by atoms with Gasteiger partial charge >= 0.3 is 0 Å². The van der Waals surface area contributed by atoms with Crippen LogP contribution in [0.1, 0.15) is 19.8 Å². The summed E-state index contributed by atoms with van der Waals surface area (Å²) >= 11 is 7.16. The summed E-state index contributed by atoms with van der Waals surface area (Å²) in [4.78, 5) is 28.0. The molecular formula is C14H16ClN3O2S. The molecule has 1 aliphatic heterocycles. The zero-order valence-electron chi connectivity index (χ0n) is 11.6. The Balaban J connectivity index is 1.90. The van der Waals surface area contributed by atoms with Gasteiger partial charge in [0.15, 0.2) is 5.17 Å². The van der Waals surface area contributed by atoms with Crippen LogP contribution < -0.4 is 10.6 Å². The van der Waals surface area contributed by atoms with E-state index in [4.69, 9.17) is 11.6 Å². The van der Waals surface area contributed by atoms with E-state index >= 15 is 0 Å². The molecule has 1 atom stereocenters. The quantitative estimate of drug-likeness (QED) is 0.874. The summed E-state index contributed by atoms with van der Waals surface area (Å²) in [6.07, 6.45) is 1.02. The fourth-order valence-electron chi connectivity index (χ4n) is 1.77. The predicted octanol–water partition coefficient (Wildman–Crippen LogP) is 2.67. The molecule has 0 aromatic heterocycles. The molecule has 5 nitrogen and oxygen atoms in total. The number of carbonyl (C=O) groups excluding carboxylic acids is 2. The highest BCUT2D eigenvalue weighted by Gasteiger charge is 2.31. The standard InChI is InChI=1S/C14H16ClN3O2S/c1-2-6-16-14-18-13(20)11(21-14)8-12(19)17-10-5-3-4-9(15)7-10/h3-5,7,11H,2,6,8H2,1H3,(H,17,19)(H,16,18,20). The Hall–Kier alpha value is -1.53. The summed E-state index contributed by atoms with van der Waals surface area (Å²) in [7, 11) is 0. The lowest BCUT2D eigenvalue weighted by molar-refractivity contribution is -0.122. The number of thioether (sulfide) groups is 1. The Labute approximate surface area is 132 Å². The van der Waals surface area contributed by atoms with Crippen LogP contribution in [0.3, 0.4) is 0 Å². The van der Waals surface area contributed by atoms with Crippen LogP contribution in [0.4, 0.5) is 5.69 Å². The maximum absolute atomic E-state index is 12.0. The Morgan fingerprint density at radius 3 is 3.05 bits per heavy atom. The van der Waals surface area contributed by atoms with Gasteiger partial charge in [-0.3, -0.25) is 14.6 Å². The minimum Gasteiger partial charge on any atom is -0.326 e. The third-order valence-electron chi connectivity index (χ3n) is 2.73. The average Bonchev–Trinajstić information content (AvgIpc) is 2.77. The van der Waals surface area contributed by atoms with Crippen molar-refractivity contribution in [3.63, 3.8) is 0 Å². The lowest BCUT2D eigenvalue weighted by Gasteiger charge is -2.07. The Morgan fingerprint density at radius 2 is 2.33 bits per heavy atom. The summed E-state index contributed by atoms with van der Waals surface area (Å²) in [5.74, 6) is -0.391. The third-order valence-corrected chi connectivity index (χ3v) is 4.09. The van der Waals surface area contributed by atoms with Crippen molar-refractivity contribution in [1.29, 1.82) is 0 Å². The van der Waals surface area contributed by atoms with Crippen LogP contribution in [-0.2, 0) is 9.59 Å². The van der Waals surface area contributed by atoms with Crippen LogP contribution in [-0.4, -0.2) is 28.8 Å². The number of amides is 2. The lowest BCUT2D eigenvalue weighted by atomic mass is 10.2. The molecule has 112 valence electrons. The monoisotopic (exact) mass is 325 g/mol. The van der Waals surface area contributed by atoms with E-state index in [1.165, 1.54) is 11.8 Å². The Morgan fingerprint density at radius 1 is 1.52 bits per heavy atom. The maximum Gasteiger partial charge on any atom is 0.240 e. The highest BCUT2D eigenvalue weighted by Crippen LogP contribution is 2.23. The van der Waals surface area contributed by atoms with Gasteiger partial charge < -0.3 is 10.6 Å². The molecule has 0 radical (unpaired) electrons. The lowest BCUT2D eigenvalue weighted by Crippen LogP contribution is -2.28. The van der Waals surface area contributed by atoms with E-state index in [1.807, 2.05) is 6.92 Å². The van der Waals surface area contributed by atoms with E-state index in [9.17, 15) is 9.59 Å². The number of hydrogen-bond acceptors (Lipinski definition) is 4. The minimum absolute atomic E-state index is 0.105. The van der Waals surface area contributed by atoms with Crippen molar-refractivity contribution in [1.82, 2.24) is 5.32 Å². The van der Waals surface area contributed by atoms with Crippen molar-refractivity contribution >= 4 is 46.0 Å². The van der Waals surface area contributed by atoms with Crippen molar-refractivity contribution in [3.05, 3.63) is 29.3 Å². The van der Waals surface area contributed by atoms with Crippen LogP contribution in [0.2, 0.25) is 5.02 Å². The molecule has 1 heterocycles. The van der Waals surface area contributed by atoms with E-state index in [1.54, 1.807) is 24.3 Å². The molecule has 0 saturated carbocycles.